The normalized spacial score (nSPS) is 11.6. The summed E-state index contributed by atoms with van der Waals surface area (Å²) in [5, 5.41) is 3.52. The van der Waals surface area contributed by atoms with E-state index in [-0.39, 0.29) is 0 Å². The first-order chi connectivity index (χ1) is 3.31. The van der Waals surface area contributed by atoms with Gasteiger partial charge in [-0.3, -0.25) is 0 Å². The van der Waals surface area contributed by atoms with Gasteiger partial charge >= 0.3 is 0 Å². The molecule has 0 unspecified atom stereocenters. The highest BCUT2D eigenvalue weighted by Crippen LogP contribution is 1.94. The molecule has 0 bridgehead atoms. The van der Waals surface area contributed by atoms with Gasteiger partial charge in [-0.1, -0.05) is 18.5 Å². The van der Waals surface area contributed by atoms with Crippen molar-refractivity contribution in [1.29, 1.82) is 0 Å². The van der Waals surface area contributed by atoms with Gasteiger partial charge in [0.2, 0.25) is 0 Å². The van der Waals surface area contributed by atoms with Crippen molar-refractivity contribution in [3.05, 3.63) is 11.2 Å². The van der Waals surface area contributed by atoms with E-state index in [4.69, 9.17) is 11.6 Å². The molecule has 0 amide bonds. The Morgan fingerprint density at radius 3 is 2.57 bits per heavy atom. The maximum absolute atomic E-state index is 5.52. The fourth-order valence-electron chi connectivity index (χ4n) is 0.281. The van der Waals surface area contributed by atoms with Crippen LogP contribution in [0.25, 0.3) is 0 Å². The number of hydrogen-bond acceptors (Lipinski definition) is 1. The van der Waals surface area contributed by atoms with E-state index in [9.17, 15) is 0 Å². The van der Waals surface area contributed by atoms with Gasteiger partial charge in [0.15, 0.2) is 0 Å². The fourth-order valence-corrected chi connectivity index (χ4v) is 0.436. The predicted octanol–water partition coefficient (Wildman–Crippen LogP) is 1.70. The van der Waals surface area contributed by atoms with Crippen molar-refractivity contribution in [1.82, 2.24) is 5.32 Å². The molecule has 0 aliphatic carbocycles. The summed E-state index contributed by atoms with van der Waals surface area (Å²) in [5.74, 6) is 0. The number of nitrogens with one attached hydrogen (secondary N) is 1. The zero-order valence-electron chi connectivity index (χ0n) is 4.66. The van der Waals surface area contributed by atoms with Gasteiger partial charge in [0.1, 0.15) is 0 Å². The van der Waals surface area contributed by atoms with Crippen LogP contribution in [0.3, 0.4) is 0 Å². The number of rotatable bonds is 2. The Bertz CT molecular complexity index is 68.5. The van der Waals surface area contributed by atoms with Crippen molar-refractivity contribution < 1.29 is 0 Å². The molecule has 7 heavy (non-hydrogen) atoms. The van der Waals surface area contributed by atoms with Crippen LogP contribution in [0.1, 0.15) is 13.3 Å². The van der Waals surface area contributed by atoms with E-state index in [0.717, 1.165) is 11.6 Å². The third kappa shape index (κ3) is 3.67. The van der Waals surface area contributed by atoms with Crippen LogP contribution in [-0.4, -0.2) is 7.05 Å². The Kier molecular flexibility index (Phi) is 3.90. The summed E-state index contributed by atoms with van der Waals surface area (Å²) in [5.41, 5.74) is 0. The maximum atomic E-state index is 5.52. The Balaban J connectivity index is 3.29. The summed E-state index contributed by atoms with van der Waals surface area (Å²) in [6.45, 7) is 2.04. The molecule has 0 spiro atoms. The minimum atomic E-state index is 0.725. The Morgan fingerprint density at radius 2 is 2.43 bits per heavy atom. The molecule has 0 saturated heterocycles. The first-order valence-electron chi connectivity index (χ1n) is 2.34. The largest absolute Gasteiger partial charge is 0.379 e. The highest BCUT2D eigenvalue weighted by molar-refractivity contribution is 6.29. The summed E-state index contributed by atoms with van der Waals surface area (Å²) in [4.78, 5) is 0. The average molecular weight is 120 g/mol. The Morgan fingerprint density at radius 1 is 1.86 bits per heavy atom. The predicted molar refractivity (Wildman–Crippen MR) is 33.3 cm³/mol. The number of hydrogen-bond donors (Lipinski definition) is 1. The molecule has 0 radical (unpaired) electrons. The second kappa shape index (κ2) is 4.00. The molecule has 1 N–H and O–H groups in total. The number of halogens is 1. The van der Waals surface area contributed by atoms with Crippen LogP contribution in [0, 0.1) is 0 Å². The van der Waals surface area contributed by atoms with Crippen LogP contribution in [0.15, 0.2) is 11.2 Å². The lowest BCUT2D eigenvalue weighted by molar-refractivity contribution is 1.04. The number of allylic oxidation sites excluding steroid dienone is 1. The van der Waals surface area contributed by atoms with Crippen LogP contribution in [0.5, 0.6) is 0 Å². The summed E-state index contributed by atoms with van der Waals surface area (Å²) in [6, 6.07) is 0. The van der Waals surface area contributed by atoms with Crippen molar-refractivity contribution in [3.8, 4) is 0 Å². The van der Waals surface area contributed by atoms with E-state index < -0.39 is 0 Å². The van der Waals surface area contributed by atoms with E-state index in [1.54, 1.807) is 7.05 Å². The van der Waals surface area contributed by atoms with Crippen LogP contribution in [0.2, 0.25) is 0 Å². The van der Waals surface area contributed by atoms with Crippen molar-refractivity contribution in [2.75, 3.05) is 7.05 Å². The first-order valence-corrected chi connectivity index (χ1v) is 2.72. The molecular weight excluding hydrogens is 110 g/mol. The molecule has 0 aliphatic heterocycles. The van der Waals surface area contributed by atoms with E-state index in [2.05, 4.69) is 5.32 Å². The van der Waals surface area contributed by atoms with Gasteiger partial charge in [-0.15, -0.1) is 0 Å². The van der Waals surface area contributed by atoms with Crippen LogP contribution >= 0.6 is 11.6 Å². The second-order valence-corrected chi connectivity index (χ2v) is 1.62. The summed E-state index contributed by atoms with van der Waals surface area (Å²) in [7, 11) is 1.80. The monoisotopic (exact) mass is 119 g/mol. The van der Waals surface area contributed by atoms with E-state index in [1.165, 1.54) is 0 Å². The van der Waals surface area contributed by atoms with Crippen molar-refractivity contribution in [3.63, 3.8) is 0 Å². The van der Waals surface area contributed by atoms with E-state index >= 15 is 0 Å². The zero-order valence-corrected chi connectivity index (χ0v) is 5.42. The molecule has 0 saturated carbocycles. The molecule has 0 aliphatic rings. The van der Waals surface area contributed by atoms with Crippen molar-refractivity contribution in [2.45, 2.75) is 13.3 Å². The van der Waals surface area contributed by atoms with Gasteiger partial charge in [-0.05, 0) is 12.5 Å². The zero-order chi connectivity index (χ0) is 5.70. The second-order valence-electron chi connectivity index (χ2n) is 1.21. The first kappa shape index (κ1) is 6.83. The van der Waals surface area contributed by atoms with Crippen molar-refractivity contribution in [2.24, 2.45) is 0 Å². The third-order valence-corrected chi connectivity index (χ3v) is 0.965. The van der Waals surface area contributed by atoms with Crippen molar-refractivity contribution >= 4 is 11.6 Å². The summed E-state index contributed by atoms with van der Waals surface area (Å²) < 4.78 is 0. The molecule has 0 heterocycles. The molecule has 0 aromatic heterocycles. The molecular formula is C5H10ClN. The molecule has 0 aromatic carbocycles. The van der Waals surface area contributed by atoms with E-state index in [1.807, 2.05) is 13.0 Å². The van der Waals surface area contributed by atoms with Gasteiger partial charge in [-0.25, -0.2) is 0 Å². The summed E-state index contributed by atoms with van der Waals surface area (Å²) in [6.07, 6.45) is 2.90. The quantitative estimate of drug-likeness (QED) is 0.546. The minimum Gasteiger partial charge on any atom is -0.379 e. The standard InChI is InChI=1S/C5H10ClN/c1-3-4-5(6)7-2/h4,7H,3H2,1-2H3/b5-4-. The molecule has 2 heteroatoms. The van der Waals surface area contributed by atoms with Gasteiger partial charge in [-0.2, -0.15) is 0 Å². The van der Waals surface area contributed by atoms with Crippen LogP contribution in [0.4, 0.5) is 0 Å². The Labute approximate surface area is 49.4 Å². The maximum Gasteiger partial charge on any atom is 0.0974 e. The van der Waals surface area contributed by atoms with Crippen LogP contribution in [-0.2, 0) is 0 Å². The SMILES string of the molecule is CC/C=C(/Cl)NC. The lowest BCUT2D eigenvalue weighted by Crippen LogP contribution is -1.97. The van der Waals surface area contributed by atoms with Gasteiger partial charge in [0.05, 0.1) is 5.16 Å². The van der Waals surface area contributed by atoms with Gasteiger partial charge < -0.3 is 5.32 Å². The molecule has 0 atom stereocenters. The molecule has 0 rings (SSSR count). The molecule has 42 valence electrons. The Hall–Kier alpha value is -0.170. The highest BCUT2D eigenvalue weighted by atomic mass is 35.5. The van der Waals surface area contributed by atoms with Crippen LogP contribution < -0.4 is 5.32 Å². The average Bonchev–Trinajstić information content (AvgIpc) is 1.68. The van der Waals surface area contributed by atoms with E-state index in [0.29, 0.717) is 0 Å². The smallest absolute Gasteiger partial charge is 0.0974 e. The molecule has 0 fully saturated rings. The highest BCUT2D eigenvalue weighted by Gasteiger charge is 1.77. The summed E-state index contributed by atoms with van der Waals surface area (Å²) >= 11 is 5.52. The minimum absolute atomic E-state index is 0.725. The molecule has 1 nitrogen and oxygen atoms in total. The van der Waals surface area contributed by atoms with Gasteiger partial charge in [0, 0.05) is 7.05 Å². The lowest BCUT2D eigenvalue weighted by Gasteiger charge is -1.90. The topological polar surface area (TPSA) is 12.0 Å². The lowest BCUT2D eigenvalue weighted by atomic mass is 10.5. The third-order valence-electron chi connectivity index (χ3n) is 0.622. The fraction of sp³-hybridized carbons (Fsp3) is 0.600. The van der Waals surface area contributed by atoms with Gasteiger partial charge in [0.25, 0.3) is 0 Å². The molecule has 0 aromatic rings.